The SMILES string of the molecule is Cl.NCC1(C(=O)Nc2ccc(-n3nccn3)cc2)CCCC1. The van der Waals surface area contributed by atoms with Gasteiger partial charge in [0.25, 0.3) is 0 Å². The number of hydrogen-bond donors (Lipinski definition) is 2. The molecule has 1 aliphatic rings. The van der Waals surface area contributed by atoms with Crippen molar-refractivity contribution in [2.45, 2.75) is 25.7 Å². The van der Waals surface area contributed by atoms with Crippen LogP contribution >= 0.6 is 12.4 Å². The summed E-state index contributed by atoms with van der Waals surface area (Å²) in [5.41, 5.74) is 7.07. The molecule has 0 bridgehead atoms. The Morgan fingerprint density at radius 2 is 1.77 bits per heavy atom. The molecule has 1 aromatic carbocycles. The molecule has 0 atom stereocenters. The van der Waals surface area contributed by atoms with Gasteiger partial charge in [0.1, 0.15) is 0 Å². The second-order valence-corrected chi connectivity index (χ2v) is 5.51. The lowest BCUT2D eigenvalue weighted by atomic mass is 9.85. The number of halogens is 1. The zero-order valence-electron chi connectivity index (χ0n) is 12.2. The maximum Gasteiger partial charge on any atom is 0.231 e. The second-order valence-electron chi connectivity index (χ2n) is 5.51. The van der Waals surface area contributed by atoms with E-state index in [0.717, 1.165) is 37.1 Å². The molecule has 1 amide bonds. The Kier molecular flexibility index (Phi) is 5.15. The molecule has 3 rings (SSSR count). The first-order valence-corrected chi connectivity index (χ1v) is 7.22. The monoisotopic (exact) mass is 321 g/mol. The molecule has 1 aromatic heterocycles. The standard InChI is InChI=1S/C15H19N5O.ClH/c16-11-15(7-1-2-8-15)14(21)19-12-3-5-13(6-4-12)20-17-9-10-18-20;/h3-6,9-10H,1-2,7-8,11,16H2,(H,19,21);1H. The highest BCUT2D eigenvalue weighted by Crippen LogP contribution is 2.38. The summed E-state index contributed by atoms with van der Waals surface area (Å²) in [6.07, 6.45) is 7.17. The smallest absolute Gasteiger partial charge is 0.231 e. The quantitative estimate of drug-likeness (QED) is 0.903. The molecule has 1 saturated carbocycles. The topological polar surface area (TPSA) is 85.8 Å². The number of nitrogens with two attached hydrogens (primary N) is 1. The number of nitrogens with zero attached hydrogens (tertiary/aromatic N) is 3. The molecule has 6 nitrogen and oxygen atoms in total. The van der Waals surface area contributed by atoms with Crippen LogP contribution in [0.2, 0.25) is 0 Å². The summed E-state index contributed by atoms with van der Waals surface area (Å²) in [5, 5.41) is 11.1. The van der Waals surface area contributed by atoms with Crippen molar-refractivity contribution in [3.8, 4) is 5.69 Å². The Bertz CT molecular complexity index is 605. The van der Waals surface area contributed by atoms with Gasteiger partial charge in [0.2, 0.25) is 5.91 Å². The summed E-state index contributed by atoms with van der Waals surface area (Å²) in [4.78, 5) is 14.0. The maximum absolute atomic E-state index is 12.5. The van der Waals surface area contributed by atoms with Gasteiger partial charge in [-0.1, -0.05) is 12.8 Å². The van der Waals surface area contributed by atoms with Gasteiger partial charge in [0.05, 0.1) is 23.5 Å². The van der Waals surface area contributed by atoms with Gasteiger partial charge >= 0.3 is 0 Å². The van der Waals surface area contributed by atoms with Crippen LogP contribution < -0.4 is 11.1 Å². The Labute approximate surface area is 135 Å². The molecular formula is C15H20ClN5O. The molecule has 0 radical (unpaired) electrons. The number of benzene rings is 1. The van der Waals surface area contributed by atoms with E-state index in [1.807, 2.05) is 24.3 Å². The van der Waals surface area contributed by atoms with Crippen molar-refractivity contribution >= 4 is 24.0 Å². The normalized spacial score (nSPS) is 16.0. The van der Waals surface area contributed by atoms with E-state index >= 15 is 0 Å². The lowest BCUT2D eigenvalue weighted by Gasteiger charge is -2.25. The number of nitrogens with one attached hydrogen (secondary N) is 1. The van der Waals surface area contributed by atoms with Crippen molar-refractivity contribution < 1.29 is 4.79 Å². The van der Waals surface area contributed by atoms with E-state index in [4.69, 9.17) is 5.73 Å². The molecule has 2 aromatic rings. The largest absolute Gasteiger partial charge is 0.329 e. The summed E-state index contributed by atoms with van der Waals surface area (Å²) in [7, 11) is 0. The molecule has 1 heterocycles. The predicted molar refractivity (Wildman–Crippen MR) is 87.2 cm³/mol. The first-order chi connectivity index (χ1) is 10.2. The third kappa shape index (κ3) is 3.13. The van der Waals surface area contributed by atoms with Gasteiger partial charge in [-0.05, 0) is 37.1 Å². The fourth-order valence-electron chi connectivity index (χ4n) is 2.87. The fraction of sp³-hybridized carbons (Fsp3) is 0.400. The molecule has 0 unspecified atom stereocenters. The minimum absolute atomic E-state index is 0. The van der Waals surface area contributed by atoms with E-state index in [2.05, 4.69) is 15.5 Å². The van der Waals surface area contributed by atoms with Crippen molar-refractivity contribution in [1.29, 1.82) is 0 Å². The van der Waals surface area contributed by atoms with Crippen LogP contribution in [0.15, 0.2) is 36.7 Å². The molecule has 0 saturated heterocycles. The Morgan fingerprint density at radius 3 is 2.32 bits per heavy atom. The summed E-state index contributed by atoms with van der Waals surface area (Å²) in [5.74, 6) is 0.0347. The van der Waals surface area contributed by atoms with Crippen molar-refractivity contribution in [3.05, 3.63) is 36.7 Å². The Balaban J connectivity index is 0.00000176. The molecule has 22 heavy (non-hydrogen) atoms. The van der Waals surface area contributed by atoms with Gasteiger partial charge in [-0.3, -0.25) is 4.79 Å². The molecule has 0 spiro atoms. The number of anilines is 1. The van der Waals surface area contributed by atoms with E-state index in [1.165, 1.54) is 4.80 Å². The van der Waals surface area contributed by atoms with E-state index in [0.29, 0.717) is 6.54 Å². The van der Waals surface area contributed by atoms with E-state index < -0.39 is 0 Å². The van der Waals surface area contributed by atoms with Gasteiger partial charge in [-0.2, -0.15) is 15.0 Å². The second kappa shape index (κ2) is 6.89. The Hall–Kier alpha value is -1.92. The first-order valence-electron chi connectivity index (χ1n) is 7.22. The minimum atomic E-state index is -0.387. The lowest BCUT2D eigenvalue weighted by molar-refractivity contribution is -0.124. The third-order valence-electron chi connectivity index (χ3n) is 4.21. The predicted octanol–water partition coefficient (Wildman–Crippen LogP) is 2.15. The lowest BCUT2D eigenvalue weighted by Crippen LogP contribution is -2.40. The summed E-state index contributed by atoms with van der Waals surface area (Å²) in [6.45, 7) is 0.411. The van der Waals surface area contributed by atoms with Crippen LogP contribution in [0.4, 0.5) is 5.69 Å². The first kappa shape index (κ1) is 16.5. The number of carbonyl (C=O) groups excluding carboxylic acids is 1. The highest BCUT2D eigenvalue weighted by Gasteiger charge is 2.39. The van der Waals surface area contributed by atoms with Crippen LogP contribution in [-0.2, 0) is 4.79 Å². The average Bonchev–Trinajstić information content (AvgIpc) is 3.20. The minimum Gasteiger partial charge on any atom is -0.329 e. The van der Waals surface area contributed by atoms with Crippen LogP contribution in [-0.4, -0.2) is 27.4 Å². The summed E-state index contributed by atoms with van der Waals surface area (Å²) >= 11 is 0. The molecule has 118 valence electrons. The van der Waals surface area contributed by atoms with Gasteiger partial charge < -0.3 is 11.1 Å². The van der Waals surface area contributed by atoms with Crippen LogP contribution in [0.3, 0.4) is 0 Å². The zero-order valence-corrected chi connectivity index (χ0v) is 13.1. The summed E-state index contributed by atoms with van der Waals surface area (Å²) in [6, 6.07) is 7.46. The third-order valence-corrected chi connectivity index (χ3v) is 4.21. The number of aromatic nitrogens is 3. The fourth-order valence-corrected chi connectivity index (χ4v) is 2.87. The highest BCUT2D eigenvalue weighted by atomic mass is 35.5. The molecule has 1 aliphatic carbocycles. The number of rotatable bonds is 4. The van der Waals surface area contributed by atoms with Crippen LogP contribution in [0.1, 0.15) is 25.7 Å². The van der Waals surface area contributed by atoms with Crippen LogP contribution in [0.25, 0.3) is 5.69 Å². The van der Waals surface area contributed by atoms with Crippen LogP contribution in [0, 0.1) is 5.41 Å². The molecule has 7 heteroatoms. The van der Waals surface area contributed by atoms with Crippen molar-refractivity contribution in [1.82, 2.24) is 15.0 Å². The van der Waals surface area contributed by atoms with E-state index in [9.17, 15) is 4.79 Å². The number of hydrogen-bond acceptors (Lipinski definition) is 4. The molecule has 0 aliphatic heterocycles. The Morgan fingerprint density at radius 1 is 1.18 bits per heavy atom. The van der Waals surface area contributed by atoms with E-state index in [-0.39, 0.29) is 23.7 Å². The molecular weight excluding hydrogens is 302 g/mol. The zero-order chi connectivity index (χ0) is 14.7. The van der Waals surface area contributed by atoms with E-state index in [1.54, 1.807) is 12.4 Å². The van der Waals surface area contributed by atoms with Crippen molar-refractivity contribution in [2.75, 3.05) is 11.9 Å². The van der Waals surface area contributed by atoms with Gasteiger partial charge in [0.15, 0.2) is 0 Å². The average molecular weight is 322 g/mol. The van der Waals surface area contributed by atoms with Gasteiger partial charge in [0, 0.05) is 12.2 Å². The van der Waals surface area contributed by atoms with Gasteiger partial charge in [-0.25, -0.2) is 0 Å². The summed E-state index contributed by atoms with van der Waals surface area (Å²) < 4.78 is 0. The molecule has 1 fully saturated rings. The van der Waals surface area contributed by atoms with Crippen molar-refractivity contribution in [3.63, 3.8) is 0 Å². The van der Waals surface area contributed by atoms with Crippen molar-refractivity contribution in [2.24, 2.45) is 11.1 Å². The van der Waals surface area contributed by atoms with Crippen LogP contribution in [0.5, 0.6) is 0 Å². The number of amides is 1. The number of carbonyl (C=O) groups is 1. The highest BCUT2D eigenvalue weighted by molar-refractivity contribution is 5.95. The van der Waals surface area contributed by atoms with Gasteiger partial charge in [-0.15, -0.1) is 12.4 Å². The molecule has 3 N–H and O–H groups in total. The maximum atomic E-state index is 12.5.